The van der Waals surface area contributed by atoms with Crippen LogP contribution in [0.3, 0.4) is 0 Å². The van der Waals surface area contributed by atoms with Crippen molar-refractivity contribution in [1.29, 1.82) is 0 Å². The first-order valence-corrected chi connectivity index (χ1v) is 8.74. The second-order valence-electron chi connectivity index (χ2n) is 6.43. The van der Waals surface area contributed by atoms with Gasteiger partial charge in [-0.05, 0) is 63.1 Å². The van der Waals surface area contributed by atoms with Crippen LogP contribution in [0.2, 0.25) is 5.02 Å². The highest BCUT2D eigenvalue weighted by Gasteiger charge is 2.12. The first-order valence-electron chi connectivity index (χ1n) is 8.36. The van der Waals surface area contributed by atoms with Crippen molar-refractivity contribution >= 4 is 29.1 Å². The smallest absolute Gasteiger partial charge is 0.262 e. The van der Waals surface area contributed by atoms with Gasteiger partial charge in [-0.15, -0.1) is 0 Å². The molecule has 0 fully saturated rings. The molecular weight excluding hydrogens is 352 g/mol. The van der Waals surface area contributed by atoms with Gasteiger partial charge in [0.05, 0.1) is 10.7 Å². The highest BCUT2D eigenvalue weighted by atomic mass is 35.5. The Hall–Kier alpha value is -2.53. The summed E-state index contributed by atoms with van der Waals surface area (Å²) >= 11 is 6.13. The van der Waals surface area contributed by atoms with Crippen LogP contribution in [0.25, 0.3) is 0 Å². The Morgan fingerprint density at radius 1 is 1.12 bits per heavy atom. The number of carbonyl (C=O) groups is 2. The molecule has 2 rings (SSSR count). The van der Waals surface area contributed by atoms with Crippen LogP contribution in [-0.4, -0.2) is 24.5 Å². The highest BCUT2D eigenvalue weighted by Crippen LogP contribution is 2.24. The van der Waals surface area contributed by atoms with E-state index in [2.05, 4.69) is 10.6 Å². The zero-order valence-corrected chi connectivity index (χ0v) is 16.1. The largest absolute Gasteiger partial charge is 0.483 e. The second kappa shape index (κ2) is 8.72. The van der Waals surface area contributed by atoms with Gasteiger partial charge in [-0.25, -0.2) is 0 Å². The third-order valence-electron chi connectivity index (χ3n) is 3.62. The van der Waals surface area contributed by atoms with Gasteiger partial charge in [-0.3, -0.25) is 9.59 Å². The lowest BCUT2D eigenvalue weighted by atomic mass is 10.1. The van der Waals surface area contributed by atoms with E-state index in [0.29, 0.717) is 22.0 Å². The van der Waals surface area contributed by atoms with Crippen molar-refractivity contribution in [2.24, 2.45) is 0 Å². The predicted octanol–water partition coefficient (Wildman–Crippen LogP) is 4.11. The topological polar surface area (TPSA) is 67.4 Å². The fourth-order valence-electron chi connectivity index (χ4n) is 2.30. The van der Waals surface area contributed by atoms with Crippen molar-refractivity contribution in [3.05, 3.63) is 58.1 Å². The van der Waals surface area contributed by atoms with E-state index >= 15 is 0 Å². The third-order valence-corrected chi connectivity index (χ3v) is 3.95. The predicted molar refractivity (Wildman–Crippen MR) is 104 cm³/mol. The molecule has 0 aliphatic rings. The molecule has 0 unspecified atom stereocenters. The van der Waals surface area contributed by atoms with Crippen LogP contribution in [0.4, 0.5) is 5.69 Å². The maximum absolute atomic E-state index is 12.2. The Balaban J connectivity index is 2.04. The molecular formula is C20H23ClN2O3. The van der Waals surface area contributed by atoms with E-state index in [1.165, 1.54) is 0 Å². The Morgan fingerprint density at radius 3 is 2.54 bits per heavy atom. The Bertz CT molecular complexity index is 819. The first kappa shape index (κ1) is 19.8. The SMILES string of the molecule is Cc1ccc(C)c(OCC(=O)Nc2cc(C(=O)NC(C)C)ccc2Cl)c1. The number of carbonyl (C=O) groups excluding carboxylic acids is 2. The second-order valence-corrected chi connectivity index (χ2v) is 6.84. The minimum Gasteiger partial charge on any atom is -0.483 e. The van der Waals surface area contributed by atoms with E-state index in [4.69, 9.17) is 16.3 Å². The molecule has 5 nitrogen and oxygen atoms in total. The number of nitrogens with one attached hydrogen (secondary N) is 2. The minimum atomic E-state index is -0.353. The monoisotopic (exact) mass is 374 g/mol. The molecule has 26 heavy (non-hydrogen) atoms. The summed E-state index contributed by atoms with van der Waals surface area (Å²) in [6, 6.07) is 10.6. The molecule has 0 atom stereocenters. The van der Waals surface area contributed by atoms with Gasteiger partial charge in [-0.1, -0.05) is 23.7 Å². The highest BCUT2D eigenvalue weighted by molar-refractivity contribution is 6.33. The van der Waals surface area contributed by atoms with Gasteiger partial charge in [0, 0.05) is 11.6 Å². The van der Waals surface area contributed by atoms with Crippen molar-refractivity contribution in [2.75, 3.05) is 11.9 Å². The minimum absolute atomic E-state index is 0.0159. The van der Waals surface area contributed by atoms with E-state index in [1.807, 2.05) is 45.9 Å². The molecule has 2 amide bonds. The number of hydrogen-bond donors (Lipinski definition) is 2. The fourth-order valence-corrected chi connectivity index (χ4v) is 2.47. The van der Waals surface area contributed by atoms with Crippen LogP contribution in [0.1, 0.15) is 35.3 Å². The maximum Gasteiger partial charge on any atom is 0.262 e. The van der Waals surface area contributed by atoms with Gasteiger partial charge in [0.2, 0.25) is 0 Å². The van der Waals surface area contributed by atoms with Crippen LogP contribution in [0, 0.1) is 13.8 Å². The molecule has 0 radical (unpaired) electrons. The summed E-state index contributed by atoms with van der Waals surface area (Å²) in [4.78, 5) is 24.3. The van der Waals surface area contributed by atoms with Gasteiger partial charge in [-0.2, -0.15) is 0 Å². The number of hydrogen-bond acceptors (Lipinski definition) is 3. The lowest BCUT2D eigenvalue weighted by Gasteiger charge is -2.13. The Morgan fingerprint density at radius 2 is 1.85 bits per heavy atom. The molecule has 138 valence electrons. The summed E-state index contributed by atoms with van der Waals surface area (Å²) in [5.41, 5.74) is 2.80. The average Bonchev–Trinajstić information content (AvgIpc) is 2.57. The molecule has 6 heteroatoms. The summed E-state index contributed by atoms with van der Waals surface area (Å²) in [5, 5.41) is 5.84. The number of ether oxygens (including phenoxy) is 1. The number of halogens is 1. The Kier molecular flexibility index (Phi) is 6.64. The van der Waals surface area contributed by atoms with E-state index in [0.717, 1.165) is 11.1 Å². The zero-order chi connectivity index (χ0) is 19.3. The normalized spacial score (nSPS) is 10.5. The van der Waals surface area contributed by atoms with Crippen LogP contribution in [-0.2, 0) is 4.79 Å². The van der Waals surface area contributed by atoms with Crippen LogP contribution < -0.4 is 15.4 Å². The van der Waals surface area contributed by atoms with Gasteiger partial charge in [0.25, 0.3) is 11.8 Å². The number of rotatable bonds is 6. The van der Waals surface area contributed by atoms with Crippen molar-refractivity contribution < 1.29 is 14.3 Å². The average molecular weight is 375 g/mol. The quantitative estimate of drug-likeness (QED) is 0.799. The number of anilines is 1. The van der Waals surface area contributed by atoms with Crippen molar-refractivity contribution in [2.45, 2.75) is 33.7 Å². The molecule has 0 aromatic heterocycles. The molecule has 0 spiro atoms. The van der Waals surface area contributed by atoms with Crippen LogP contribution >= 0.6 is 11.6 Å². The first-order chi connectivity index (χ1) is 12.3. The zero-order valence-electron chi connectivity index (χ0n) is 15.4. The summed E-state index contributed by atoms with van der Waals surface area (Å²) in [6.45, 7) is 7.48. The van der Waals surface area contributed by atoms with E-state index < -0.39 is 0 Å². The van der Waals surface area contributed by atoms with Gasteiger partial charge in [0.1, 0.15) is 5.75 Å². The fraction of sp³-hybridized carbons (Fsp3) is 0.300. The maximum atomic E-state index is 12.2. The van der Waals surface area contributed by atoms with E-state index in [9.17, 15) is 9.59 Å². The summed E-state index contributed by atoms with van der Waals surface area (Å²) in [6.07, 6.45) is 0. The van der Waals surface area contributed by atoms with Crippen molar-refractivity contribution in [3.63, 3.8) is 0 Å². The van der Waals surface area contributed by atoms with Crippen LogP contribution in [0.15, 0.2) is 36.4 Å². The summed E-state index contributed by atoms with van der Waals surface area (Å²) in [5.74, 6) is 0.0873. The molecule has 0 saturated carbocycles. The van der Waals surface area contributed by atoms with Gasteiger partial charge in [0.15, 0.2) is 6.61 Å². The Labute approximate surface area is 158 Å². The van der Waals surface area contributed by atoms with Crippen molar-refractivity contribution in [1.82, 2.24) is 5.32 Å². The summed E-state index contributed by atoms with van der Waals surface area (Å²) < 4.78 is 5.59. The van der Waals surface area contributed by atoms with E-state index in [-0.39, 0.29) is 24.5 Å². The van der Waals surface area contributed by atoms with Crippen molar-refractivity contribution in [3.8, 4) is 5.75 Å². The molecule has 0 aliphatic heterocycles. The number of amides is 2. The van der Waals surface area contributed by atoms with Gasteiger partial charge >= 0.3 is 0 Å². The lowest BCUT2D eigenvalue weighted by Crippen LogP contribution is -2.30. The molecule has 0 aliphatic carbocycles. The third kappa shape index (κ3) is 5.49. The molecule has 0 heterocycles. The van der Waals surface area contributed by atoms with Crippen LogP contribution in [0.5, 0.6) is 5.75 Å². The standard InChI is InChI=1S/C20H23ClN2O3/c1-12(2)22-20(25)15-7-8-16(21)17(10-15)23-19(24)11-26-18-9-13(3)5-6-14(18)4/h5-10,12H,11H2,1-4H3,(H,22,25)(H,23,24). The summed E-state index contributed by atoms with van der Waals surface area (Å²) in [7, 11) is 0. The lowest BCUT2D eigenvalue weighted by molar-refractivity contribution is -0.118. The number of aryl methyl sites for hydroxylation is 2. The van der Waals surface area contributed by atoms with Gasteiger partial charge < -0.3 is 15.4 Å². The molecule has 2 aromatic carbocycles. The molecule has 2 aromatic rings. The molecule has 0 saturated heterocycles. The molecule has 2 N–H and O–H groups in total. The molecule has 0 bridgehead atoms. The van der Waals surface area contributed by atoms with E-state index in [1.54, 1.807) is 18.2 Å². The number of benzene rings is 2.